The van der Waals surface area contributed by atoms with E-state index in [1.54, 1.807) is 24.4 Å². The maximum atomic E-state index is 12.7. The number of phenols is 1. The smallest absolute Gasteiger partial charge is 0.163 e. The van der Waals surface area contributed by atoms with Crippen molar-refractivity contribution in [3.05, 3.63) is 87.6 Å². The number of benzene rings is 2. The largest absolute Gasteiger partial charge is 0.504 e. The number of aromatic nitrogens is 1. The molecule has 0 aliphatic carbocycles. The fourth-order valence-electron chi connectivity index (χ4n) is 5.49. The first-order chi connectivity index (χ1) is 20.6. The number of anilines is 1. The predicted octanol–water partition coefficient (Wildman–Crippen LogP) is 6.52. The lowest BCUT2D eigenvalue weighted by Crippen LogP contribution is -2.15. The van der Waals surface area contributed by atoms with Crippen LogP contribution in [0.3, 0.4) is 0 Å². The Labute approximate surface area is 256 Å². The Bertz CT molecular complexity index is 1410. The number of unbranched alkanes of at least 4 members (excludes halogenated alkanes) is 2. The highest BCUT2D eigenvalue weighted by molar-refractivity contribution is 6.06. The first-order valence-corrected chi connectivity index (χ1v) is 15.2. The second-order valence-electron chi connectivity index (χ2n) is 11.7. The first-order valence-electron chi connectivity index (χ1n) is 15.2. The van der Waals surface area contributed by atoms with E-state index < -0.39 is 0 Å². The van der Waals surface area contributed by atoms with Gasteiger partial charge in [-0.3, -0.25) is 9.59 Å². The summed E-state index contributed by atoms with van der Waals surface area (Å²) in [7, 11) is 3.44. The Hall–Kier alpha value is -3.97. The monoisotopic (exact) mass is 585 g/mol. The van der Waals surface area contributed by atoms with Gasteiger partial charge in [0, 0.05) is 19.0 Å². The zero-order valence-corrected chi connectivity index (χ0v) is 26.3. The summed E-state index contributed by atoms with van der Waals surface area (Å²) < 4.78 is 5.32. The average molecular weight is 586 g/mol. The highest BCUT2D eigenvalue weighted by Crippen LogP contribution is 2.32. The molecule has 2 aromatic carbocycles. The third-order valence-electron chi connectivity index (χ3n) is 7.59. The molecule has 0 radical (unpaired) electrons. The van der Waals surface area contributed by atoms with Crippen molar-refractivity contribution >= 4 is 23.5 Å². The van der Waals surface area contributed by atoms with Gasteiger partial charge in [-0.25, -0.2) is 4.98 Å². The van der Waals surface area contributed by atoms with Crippen molar-refractivity contribution in [1.82, 2.24) is 10.3 Å². The molecule has 0 aliphatic heterocycles. The van der Waals surface area contributed by atoms with Gasteiger partial charge < -0.3 is 20.9 Å². The maximum absolute atomic E-state index is 12.7. The Morgan fingerprint density at radius 3 is 2.42 bits per heavy atom. The van der Waals surface area contributed by atoms with Crippen LogP contribution >= 0.6 is 0 Å². The molecular formula is C36H47N3O4. The molecule has 0 spiro atoms. The van der Waals surface area contributed by atoms with Crippen molar-refractivity contribution in [1.29, 1.82) is 0 Å². The van der Waals surface area contributed by atoms with E-state index in [4.69, 9.17) is 10.5 Å². The third-order valence-corrected chi connectivity index (χ3v) is 7.59. The van der Waals surface area contributed by atoms with Crippen molar-refractivity contribution in [2.75, 3.05) is 26.4 Å². The van der Waals surface area contributed by atoms with Crippen molar-refractivity contribution in [3.63, 3.8) is 0 Å². The molecule has 7 heteroatoms. The van der Waals surface area contributed by atoms with Gasteiger partial charge in [0.25, 0.3) is 0 Å². The zero-order chi connectivity index (χ0) is 31.4. The minimum atomic E-state index is -0.240. The van der Waals surface area contributed by atoms with Crippen molar-refractivity contribution in [2.45, 2.75) is 72.1 Å². The van der Waals surface area contributed by atoms with Gasteiger partial charge in [0.15, 0.2) is 17.3 Å². The number of nitrogens with two attached hydrogens (primary N) is 1. The number of nitrogen functional groups attached to an aromatic ring is 1. The van der Waals surface area contributed by atoms with Gasteiger partial charge in [-0.05, 0) is 105 Å². The van der Waals surface area contributed by atoms with Gasteiger partial charge in [0.2, 0.25) is 0 Å². The highest BCUT2D eigenvalue weighted by Gasteiger charge is 2.13. The van der Waals surface area contributed by atoms with Gasteiger partial charge >= 0.3 is 0 Å². The number of ether oxygens (including phenoxy) is 1. The molecule has 1 heterocycles. The Balaban J connectivity index is 1.68. The van der Waals surface area contributed by atoms with E-state index >= 15 is 0 Å². The molecule has 1 unspecified atom stereocenters. The molecule has 1 atom stereocenters. The van der Waals surface area contributed by atoms with Gasteiger partial charge in [0.1, 0.15) is 11.6 Å². The lowest BCUT2D eigenvalue weighted by molar-refractivity contribution is -0.124. The number of ketones is 2. The fraction of sp³-hybridized carbons (Fsp3) is 0.417. The molecule has 0 saturated carbocycles. The quantitative estimate of drug-likeness (QED) is 0.0938. The van der Waals surface area contributed by atoms with Gasteiger partial charge in [-0.1, -0.05) is 55.2 Å². The van der Waals surface area contributed by atoms with E-state index in [-0.39, 0.29) is 23.7 Å². The third kappa shape index (κ3) is 11.0. The van der Waals surface area contributed by atoms with E-state index in [1.807, 2.05) is 13.1 Å². The minimum absolute atomic E-state index is 0.00960. The maximum Gasteiger partial charge on any atom is 0.163 e. The van der Waals surface area contributed by atoms with Crippen LogP contribution in [0.5, 0.6) is 11.5 Å². The van der Waals surface area contributed by atoms with Crippen molar-refractivity contribution in [3.8, 4) is 11.5 Å². The molecule has 1 aromatic heterocycles. The molecule has 0 amide bonds. The van der Waals surface area contributed by atoms with E-state index in [0.29, 0.717) is 36.7 Å². The number of Topliss-reactive ketones (excluding diaryl/α,β-unsaturated/α-hetero) is 1. The number of aryl methyl sites for hydroxylation is 2. The summed E-state index contributed by atoms with van der Waals surface area (Å²) in [6, 6.07) is 11.8. The van der Waals surface area contributed by atoms with Crippen LogP contribution in [0.15, 0.2) is 48.7 Å². The molecule has 0 aliphatic rings. The zero-order valence-electron chi connectivity index (χ0n) is 26.3. The Morgan fingerprint density at radius 2 is 1.72 bits per heavy atom. The summed E-state index contributed by atoms with van der Waals surface area (Å²) in [5.74, 6) is 1.15. The SMILES string of the molecule is CNCC(C)CCCCCC(=O)CC(=O)C=Cc1cc(OC)c(O)cc1Cc1cnc(N)c(Cc2cc(C)cc(C)c2)c1. The molecule has 0 bridgehead atoms. The summed E-state index contributed by atoms with van der Waals surface area (Å²) in [5, 5.41) is 13.7. The predicted molar refractivity (Wildman–Crippen MR) is 175 cm³/mol. The second-order valence-corrected chi connectivity index (χ2v) is 11.7. The number of rotatable bonds is 17. The van der Waals surface area contributed by atoms with Crippen molar-refractivity contribution < 1.29 is 19.4 Å². The lowest BCUT2D eigenvalue weighted by Gasteiger charge is -2.13. The normalized spacial score (nSPS) is 12.0. The number of carbonyl (C=O) groups is 2. The van der Waals surface area contributed by atoms with Crippen LogP contribution in [-0.2, 0) is 22.4 Å². The van der Waals surface area contributed by atoms with Gasteiger partial charge in [-0.2, -0.15) is 0 Å². The summed E-state index contributed by atoms with van der Waals surface area (Å²) in [6.07, 6.45) is 10.3. The number of nitrogens with one attached hydrogen (secondary N) is 1. The van der Waals surface area contributed by atoms with E-state index in [9.17, 15) is 14.7 Å². The van der Waals surface area contributed by atoms with Crippen LogP contribution in [0.25, 0.3) is 6.08 Å². The molecule has 3 rings (SSSR count). The summed E-state index contributed by atoms with van der Waals surface area (Å²) in [6.45, 7) is 7.38. The van der Waals surface area contributed by atoms with E-state index in [2.05, 4.69) is 49.3 Å². The summed E-state index contributed by atoms with van der Waals surface area (Å²) in [5.41, 5.74) is 13.2. The first kappa shape index (κ1) is 33.5. The fourth-order valence-corrected chi connectivity index (χ4v) is 5.49. The number of methoxy groups -OCH3 is 1. The Kier molecular flexibility index (Phi) is 13.0. The van der Waals surface area contributed by atoms with E-state index in [0.717, 1.165) is 54.5 Å². The van der Waals surface area contributed by atoms with Crippen LogP contribution in [0.1, 0.15) is 84.4 Å². The lowest BCUT2D eigenvalue weighted by atomic mass is 9.96. The average Bonchev–Trinajstić information content (AvgIpc) is 2.94. The topological polar surface area (TPSA) is 115 Å². The number of hydrogen-bond acceptors (Lipinski definition) is 7. The second kappa shape index (κ2) is 16.6. The summed E-state index contributed by atoms with van der Waals surface area (Å²) in [4.78, 5) is 29.5. The van der Waals surface area contributed by atoms with Crippen LogP contribution in [0.4, 0.5) is 5.82 Å². The standard InChI is InChI=1S/C36H47N3O4/c1-24(22-38-4)9-7-6-8-10-32(40)21-33(41)12-11-29-20-35(43-5)34(42)19-30(29)17-28-18-31(36(37)39-23-28)16-27-14-25(2)13-26(3)15-27/h11-15,18-20,23-24,38,42H,6-10,16-17,21-22H2,1-5H3,(H2,37,39). The van der Waals surface area contributed by atoms with E-state index in [1.165, 1.54) is 29.9 Å². The number of pyridine rings is 1. The molecule has 230 valence electrons. The highest BCUT2D eigenvalue weighted by atomic mass is 16.5. The summed E-state index contributed by atoms with van der Waals surface area (Å²) >= 11 is 0. The van der Waals surface area contributed by atoms with Gasteiger partial charge in [-0.15, -0.1) is 0 Å². The number of hydrogen-bond donors (Lipinski definition) is 3. The number of carbonyl (C=O) groups excluding carboxylic acids is 2. The molecular weight excluding hydrogens is 538 g/mol. The molecule has 43 heavy (non-hydrogen) atoms. The Morgan fingerprint density at radius 1 is 1.00 bits per heavy atom. The van der Waals surface area contributed by atoms with Crippen molar-refractivity contribution in [2.24, 2.45) is 5.92 Å². The molecule has 4 N–H and O–H groups in total. The van der Waals surface area contributed by atoms with Crippen LogP contribution in [0.2, 0.25) is 0 Å². The number of aromatic hydroxyl groups is 1. The van der Waals surface area contributed by atoms with Crippen LogP contribution < -0.4 is 15.8 Å². The number of nitrogens with zero attached hydrogens (tertiary/aromatic N) is 1. The van der Waals surface area contributed by atoms with Crippen LogP contribution in [-0.4, -0.2) is 42.4 Å². The molecule has 7 nitrogen and oxygen atoms in total. The molecule has 0 fully saturated rings. The molecule has 3 aromatic rings. The molecule has 0 saturated heterocycles. The number of allylic oxidation sites excluding steroid dienone is 1. The van der Waals surface area contributed by atoms with Crippen LogP contribution in [0, 0.1) is 19.8 Å². The van der Waals surface area contributed by atoms with Gasteiger partial charge in [0.05, 0.1) is 13.5 Å². The minimum Gasteiger partial charge on any atom is -0.504 e. The number of phenolic OH excluding ortho intramolecular Hbond substituents is 1.